The minimum atomic E-state index is -2.49. The van der Waals surface area contributed by atoms with Crippen LogP contribution in [-0.4, -0.2) is 90.5 Å². The Balaban J connectivity index is 1.37. The van der Waals surface area contributed by atoms with Crippen LogP contribution in [0.25, 0.3) is 0 Å². The molecule has 0 radical (unpaired) electrons. The Labute approximate surface area is 222 Å². The number of halogens is 2. The summed E-state index contributed by atoms with van der Waals surface area (Å²) in [4.78, 5) is 27.9. The second-order valence-electron chi connectivity index (χ2n) is 9.65. The first-order chi connectivity index (χ1) is 18.3. The van der Waals surface area contributed by atoms with E-state index in [9.17, 15) is 18.4 Å². The number of alkyl halides is 2. The summed E-state index contributed by atoms with van der Waals surface area (Å²) in [6.45, 7) is 6.57. The molecule has 1 aromatic rings. The molecule has 1 aromatic carbocycles. The molecule has 2 amide bonds. The van der Waals surface area contributed by atoms with Gasteiger partial charge in [-0.05, 0) is 41.8 Å². The van der Waals surface area contributed by atoms with Gasteiger partial charge in [0.15, 0.2) is 0 Å². The van der Waals surface area contributed by atoms with E-state index in [-0.39, 0.29) is 30.9 Å². The lowest BCUT2D eigenvalue weighted by Gasteiger charge is -2.32. The number of hydrogen-bond acceptors (Lipinski definition) is 7. The molecule has 2 aliphatic heterocycles. The van der Waals surface area contributed by atoms with E-state index < -0.39 is 13.0 Å². The lowest BCUT2D eigenvalue weighted by molar-refractivity contribution is -0.145. The van der Waals surface area contributed by atoms with Gasteiger partial charge in [-0.3, -0.25) is 19.9 Å². The molecule has 3 N–H and O–H groups in total. The molecule has 0 spiro atoms. The van der Waals surface area contributed by atoms with Crippen LogP contribution < -0.4 is 16.1 Å². The van der Waals surface area contributed by atoms with Gasteiger partial charge in [0.2, 0.25) is 5.91 Å². The Morgan fingerprint density at radius 1 is 1.13 bits per heavy atom. The van der Waals surface area contributed by atoms with Gasteiger partial charge in [-0.1, -0.05) is 37.3 Å². The van der Waals surface area contributed by atoms with Crippen molar-refractivity contribution in [1.29, 1.82) is 0 Å². The predicted molar refractivity (Wildman–Crippen MR) is 141 cm³/mol. The summed E-state index contributed by atoms with van der Waals surface area (Å²) in [6, 6.07) is 7.74. The van der Waals surface area contributed by atoms with Crippen LogP contribution in [0.2, 0.25) is 0 Å². The average Bonchev–Trinajstić information content (AvgIpc) is 3.49. The highest BCUT2D eigenvalue weighted by Crippen LogP contribution is 2.30. The van der Waals surface area contributed by atoms with E-state index in [4.69, 9.17) is 0 Å². The third kappa shape index (κ3) is 6.47. The summed E-state index contributed by atoms with van der Waals surface area (Å²) >= 11 is 0. The number of carbonyl (C=O) groups is 2. The summed E-state index contributed by atoms with van der Waals surface area (Å²) in [5.41, 5.74) is 7.77. The molecule has 0 saturated heterocycles. The van der Waals surface area contributed by atoms with Crippen molar-refractivity contribution >= 4 is 11.8 Å². The van der Waals surface area contributed by atoms with Crippen molar-refractivity contribution in [2.24, 2.45) is 0 Å². The lowest BCUT2D eigenvalue weighted by Crippen LogP contribution is -2.47. The standard InChI is InChI=1S/C27H37F2N7O2/c1-4-30-9-10-35(23-12-24-22(11-19(23)2)13-32-36(24)18-25(28)29)27(38)15-31-14-26(37)33(3)34-16-20-7-5-6-8-21(20)17-34/h5-8,11-13,24-25,30-32H,4,9-10,14-18H2,1-3H3. The first-order valence-electron chi connectivity index (χ1n) is 13.0. The molecule has 206 valence electrons. The Kier molecular flexibility index (Phi) is 9.26. The molecular weight excluding hydrogens is 492 g/mol. The van der Waals surface area contributed by atoms with Crippen LogP contribution in [-0.2, 0) is 22.7 Å². The summed E-state index contributed by atoms with van der Waals surface area (Å²) in [7, 11) is 1.74. The minimum absolute atomic E-state index is 0.0194. The van der Waals surface area contributed by atoms with Gasteiger partial charge < -0.3 is 15.6 Å². The lowest BCUT2D eigenvalue weighted by atomic mass is 9.95. The van der Waals surface area contributed by atoms with Crippen molar-refractivity contribution in [1.82, 2.24) is 36.0 Å². The highest BCUT2D eigenvalue weighted by atomic mass is 19.3. The number of hydrogen-bond donors (Lipinski definition) is 3. The zero-order valence-corrected chi connectivity index (χ0v) is 22.2. The highest BCUT2D eigenvalue weighted by molar-refractivity contribution is 5.83. The van der Waals surface area contributed by atoms with Crippen LogP contribution in [0.3, 0.4) is 0 Å². The van der Waals surface area contributed by atoms with Crippen molar-refractivity contribution in [3.8, 4) is 0 Å². The fourth-order valence-electron chi connectivity index (χ4n) is 4.96. The number of fused-ring (bicyclic) bond motifs is 2. The number of amides is 2. The molecule has 1 aliphatic carbocycles. The third-order valence-electron chi connectivity index (χ3n) is 7.03. The highest BCUT2D eigenvalue weighted by Gasteiger charge is 2.32. The molecule has 4 rings (SSSR count). The van der Waals surface area contributed by atoms with E-state index in [2.05, 4.69) is 28.2 Å². The molecule has 0 saturated carbocycles. The Morgan fingerprint density at radius 2 is 1.82 bits per heavy atom. The number of hydrazine groups is 2. The van der Waals surface area contributed by atoms with Gasteiger partial charge in [0.25, 0.3) is 12.3 Å². The first-order valence-corrected chi connectivity index (χ1v) is 13.0. The van der Waals surface area contributed by atoms with Crippen LogP contribution in [0.4, 0.5) is 8.78 Å². The average molecular weight is 530 g/mol. The molecule has 1 unspecified atom stereocenters. The fraction of sp³-hybridized carbons (Fsp3) is 0.481. The molecule has 0 bridgehead atoms. The fourth-order valence-corrected chi connectivity index (χ4v) is 4.96. The first kappa shape index (κ1) is 27.9. The van der Waals surface area contributed by atoms with Gasteiger partial charge in [-0.15, -0.1) is 0 Å². The van der Waals surface area contributed by atoms with Crippen LogP contribution >= 0.6 is 0 Å². The van der Waals surface area contributed by atoms with Gasteiger partial charge in [0.05, 0.1) is 25.7 Å². The zero-order valence-electron chi connectivity index (χ0n) is 22.2. The normalized spacial score (nSPS) is 18.9. The monoisotopic (exact) mass is 529 g/mol. The quantitative estimate of drug-likeness (QED) is 0.355. The van der Waals surface area contributed by atoms with Crippen LogP contribution in [0, 0.1) is 0 Å². The van der Waals surface area contributed by atoms with E-state index >= 15 is 0 Å². The van der Waals surface area contributed by atoms with Crippen molar-refractivity contribution < 1.29 is 18.4 Å². The second-order valence-corrected chi connectivity index (χ2v) is 9.65. The van der Waals surface area contributed by atoms with Crippen molar-refractivity contribution in [2.75, 3.05) is 46.3 Å². The number of rotatable bonds is 12. The summed E-state index contributed by atoms with van der Waals surface area (Å²) < 4.78 is 26.2. The van der Waals surface area contributed by atoms with Gasteiger partial charge >= 0.3 is 0 Å². The molecule has 0 aromatic heterocycles. The van der Waals surface area contributed by atoms with E-state index in [0.29, 0.717) is 31.9 Å². The van der Waals surface area contributed by atoms with Gasteiger partial charge in [0.1, 0.15) is 0 Å². The van der Waals surface area contributed by atoms with Gasteiger partial charge in [0, 0.05) is 45.1 Å². The maximum atomic E-state index is 13.4. The number of carbonyl (C=O) groups excluding carboxylic acids is 2. The Bertz CT molecular complexity index is 1100. The molecular formula is C27H37F2N7O2. The zero-order chi connectivity index (χ0) is 27.2. The second kappa shape index (κ2) is 12.6. The molecule has 1 atom stereocenters. The maximum absolute atomic E-state index is 13.4. The van der Waals surface area contributed by atoms with Crippen LogP contribution in [0.1, 0.15) is 25.0 Å². The minimum Gasteiger partial charge on any atom is -0.325 e. The number of benzene rings is 1. The number of nitrogens with one attached hydrogen (secondary N) is 3. The number of allylic oxidation sites excluding steroid dienone is 1. The molecule has 38 heavy (non-hydrogen) atoms. The van der Waals surface area contributed by atoms with E-state index in [0.717, 1.165) is 17.7 Å². The van der Waals surface area contributed by atoms with E-state index in [1.807, 2.05) is 43.1 Å². The summed E-state index contributed by atoms with van der Waals surface area (Å²) in [6.07, 6.45) is 3.01. The summed E-state index contributed by atoms with van der Waals surface area (Å²) in [5, 5.41) is 11.3. The van der Waals surface area contributed by atoms with Crippen LogP contribution in [0.5, 0.6) is 0 Å². The Morgan fingerprint density at radius 3 is 2.47 bits per heavy atom. The Hall–Kier alpha value is -3.12. The van der Waals surface area contributed by atoms with Gasteiger partial charge in [-0.2, -0.15) is 0 Å². The van der Waals surface area contributed by atoms with E-state index in [1.165, 1.54) is 16.1 Å². The number of likely N-dealkylation sites (N-methyl/N-ethyl adjacent to an activating group) is 2. The number of nitrogens with zero attached hydrogens (tertiary/aromatic N) is 4. The predicted octanol–water partition coefficient (Wildman–Crippen LogP) is 1.58. The van der Waals surface area contributed by atoms with Gasteiger partial charge in [-0.25, -0.2) is 18.8 Å². The largest absolute Gasteiger partial charge is 0.325 e. The molecule has 11 heteroatoms. The van der Waals surface area contributed by atoms with E-state index in [1.54, 1.807) is 23.2 Å². The molecule has 9 nitrogen and oxygen atoms in total. The van der Waals surface area contributed by atoms with Crippen molar-refractivity contribution in [3.05, 3.63) is 70.6 Å². The topological polar surface area (TPSA) is 83.2 Å². The molecule has 0 fully saturated rings. The summed E-state index contributed by atoms with van der Waals surface area (Å²) in [5.74, 6) is -0.322. The molecule has 2 heterocycles. The molecule has 3 aliphatic rings. The smallest absolute Gasteiger partial charge is 0.253 e. The van der Waals surface area contributed by atoms with Crippen LogP contribution in [0.15, 0.2) is 59.5 Å². The third-order valence-corrected chi connectivity index (χ3v) is 7.03. The maximum Gasteiger partial charge on any atom is 0.253 e. The SMILES string of the molecule is CCNCCN(C(=O)CNCC(=O)N(C)N1Cc2ccccc2C1)C1=CC2C(=CNN2CC(F)F)C=C1C. The van der Waals surface area contributed by atoms with Crippen molar-refractivity contribution in [2.45, 2.75) is 39.4 Å². The van der Waals surface area contributed by atoms with Crippen molar-refractivity contribution in [3.63, 3.8) is 0 Å².